The maximum Gasteiger partial charge on any atom is 0.443 e. The molecular formula is C13H13F4N3S. The normalized spacial score (nSPS) is 13.4. The van der Waals surface area contributed by atoms with Gasteiger partial charge in [0.25, 0.3) is 0 Å². The van der Waals surface area contributed by atoms with E-state index in [1.54, 1.807) is 0 Å². The maximum absolute atomic E-state index is 13.3. The predicted molar refractivity (Wildman–Crippen MR) is 71.4 cm³/mol. The standard InChI is InChI=1S/C13H13F4N3S/c1-2-3-19-11(8-4-9(14)6-18-5-8)10-7-20-12(21-10)13(15,16)17/h4-7,11,19H,2-3H2,1H3. The second-order valence-electron chi connectivity index (χ2n) is 4.39. The van der Waals surface area contributed by atoms with E-state index in [0.717, 1.165) is 12.6 Å². The fourth-order valence-corrected chi connectivity index (χ4v) is 2.70. The van der Waals surface area contributed by atoms with Crippen LogP contribution in [0, 0.1) is 5.82 Å². The van der Waals surface area contributed by atoms with Crippen molar-refractivity contribution >= 4 is 11.3 Å². The number of halogens is 4. The van der Waals surface area contributed by atoms with Crippen LogP contribution in [0.15, 0.2) is 24.7 Å². The van der Waals surface area contributed by atoms with Crippen LogP contribution in [-0.4, -0.2) is 16.5 Å². The minimum absolute atomic E-state index is 0.378. The second kappa shape index (κ2) is 6.48. The van der Waals surface area contributed by atoms with E-state index in [4.69, 9.17) is 0 Å². The van der Waals surface area contributed by atoms with Gasteiger partial charge < -0.3 is 5.32 Å². The van der Waals surface area contributed by atoms with Crippen molar-refractivity contribution < 1.29 is 17.6 Å². The molecule has 0 aromatic carbocycles. The molecule has 21 heavy (non-hydrogen) atoms. The van der Waals surface area contributed by atoms with Gasteiger partial charge in [-0.1, -0.05) is 6.92 Å². The zero-order valence-electron chi connectivity index (χ0n) is 11.1. The van der Waals surface area contributed by atoms with E-state index in [-0.39, 0.29) is 0 Å². The third kappa shape index (κ3) is 3.98. The Labute approximate surface area is 123 Å². The van der Waals surface area contributed by atoms with Crippen molar-refractivity contribution in [1.82, 2.24) is 15.3 Å². The number of hydrogen-bond acceptors (Lipinski definition) is 4. The molecule has 1 atom stereocenters. The van der Waals surface area contributed by atoms with Gasteiger partial charge in [0.05, 0.1) is 12.2 Å². The van der Waals surface area contributed by atoms with Crippen molar-refractivity contribution in [2.24, 2.45) is 0 Å². The molecule has 0 saturated carbocycles. The number of rotatable bonds is 5. The molecular weight excluding hydrogens is 306 g/mol. The van der Waals surface area contributed by atoms with Gasteiger partial charge in [-0.25, -0.2) is 9.37 Å². The molecule has 2 rings (SSSR count). The Bertz CT molecular complexity index is 597. The average molecular weight is 319 g/mol. The summed E-state index contributed by atoms with van der Waals surface area (Å²) >= 11 is 0.550. The molecule has 0 fully saturated rings. The van der Waals surface area contributed by atoms with Gasteiger partial charge in [-0.2, -0.15) is 13.2 Å². The van der Waals surface area contributed by atoms with E-state index in [1.807, 2.05) is 6.92 Å². The number of nitrogens with one attached hydrogen (secondary N) is 1. The van der Waals surface area contributed by atoms with Gasteiger partial charge in [-0.15, -0.1) is 11.3 Å². The molecule has 0 bridgehead atoms. The lowest BCUT2D eigenvalue weighted by Gasteiger charge is -2.16. The number of aromatic nitrogens is 2. The molecule has 114 valence electrons. The Balaban J connectivity index is 2.34. The van der Waals surface area contributed by atoms with Crippen molar-refractivity contribution in [3.8, 4) is 0 Å². The fourth-order valence-electron chi connectivity index (χ4n) is 1.81. The summed E-state index contributed by atoms with van der Waals surface area (Å²) in [5, 5.41) is 2.18. The smallest absolute Gasteiger partial charge is 0.305 e. The summed E-state index contributed by atoms with van der Waals surface area (Å²) in [6.45, 7) is 2.52. The first-order chi connectivity index (χ1) is 9.91. The predicted octanol–water partition coefficient (Wildman–Crippen LogP) is 3.79. The molecule has 1 N–H and O–H groups in total. The largest absolute Gasteiger partial charge is 0.443 e. The van der Waals surface area contributed by atoms with E-state index >= 15 is 0 Å². The quantitative estimate of drug-likeness (QED) is 0.852. The van der Waals surface area contributed by atoms with Gasteiger partial charge in [0.1, 0.15) is 5.82 Å². The fraction of sp³-hybridized carbons (Fsp3) is 0.385. The first kappa shape index (κ1) is 15.8. The number of alkyl halides is 3. The molecule has 0 radical (unpaired) electrons. The molecule has 0 amide bonds. The highest BCUT2D eigenvalue weighted by atomic mass is 32.1. The lowest BCUT2D eigenvalue weighted by molar-refractivity contribution is -0.137. The summed E-state index contributed by atoms with van der Waals surface area (Å²) < 4.78 is 51.2. The van der Waals surface area contributed by atoms with Crippen molar-refractivity contribution in [3.63, 3.8) is 0 Å². The Morgan fingerprint density at radius 1 is 1.29 bits per heavy atom. The Kier molecular flexibility index (Phi) is 4.89. The van der Waals surface area contributed by atoms with Crippen LogP contribution in [-0.2, 0) is 6.18 Å². The topological polar surface area (TPSA) is 37.8 Å². The van der Waals surface area contributed by atoms with Crippen molar-refractivity contribution in [1.29, 1.82) is 0 Å². The zero-order chi connectivity index (χ0) is 15.5. The lowest BCUT2D eigenvalue weighted by atomic mass is 10.1. The lowest BCUT2D eigenvalue weighted by Crippen LogP contribution is -2.22. The third-order valence-corrected chi connectivity index (χ3v) is 3.82. The average Bonchev–Trinajstić information content (AvgIpc) is 2.89. The molecule has 0 aliphatic rings. The van der Waals surface area contributed by atoms with Crippen LogP contribution in [0.5, 0.6) is 0 Å². The second-order valence-corrected chi connectivity index (χ2v) is 5.45. The first-order valence-corrected chi connectivity index (χ1v) is 7.10. The molecule has 2 aromatic heterocycles. The molecule has 1 unspecified atom stereocenters. The highest BCUT2D eigenvalue weighted by Gasteiger charge is 2.35. The summed E-state index contributed by atoms with van der Waals surface area (Å²) in [5.74, 6) is -0.531. The monoisotopic (exact) mass is 319 g/mol. The third-order valence-electron chi connectivity index (χ3n) is 2.71. The van der Waals surface area contributed by atoms with Crippen molar-refractivity contribution in [2.75, 3.05) is 6.54 Å². The van der Waals surface area contributed by atoms with Gasteiger partial charge in [0.15, 0.2) is 5.01 Å². The van der Waals surface area contributed by atoms with Crippen LogP contribution in [0.2, 0.25) is 0 Å². The summed E-state index contributed by atoms with van der Waals surface area (Å²) in [7, 11) is 0. The number of pyridine rings is 1. The van der Waals surface area contributed by atoms with Crippen LogP contribution in [0.25, 0.3) is 0 Å². The highest BCUT2D eigenvalue weighted by Crippen LogP contribution is 2.35. The maximum atomic E-state index is 13.3. The van der Waals surface area contributed by atoms with Crippen molar-refractivity contribution in [3.05, 3.63) is 45.9 Å². The molecule has 0 aliphatic carbocycles. The number of nitrogens with zero attached hydrogens (tertiary/aromatic N) is 2. The summed E-state index contributed by atoms with van der Waals surface area (Å²) in [6.07, 6.45) is -0.0219. The van der Waals surface area contributed by atoms with Crippen molar-refractivity contribution in [2.45, 2.75) is 25.6 Å². The molecule has 2 aromatic rings. The van der Waals surface area contributed by atoms with Gasteiger partial charge in [-0.3, -0.25) is 4.98 Å². The summed E-state index contributed by atoms with van der Waals surface area (Å²) in [5.41, 5.74) is 0.473. The molecule has 3 nitrogen and oxygen atoms in total. The van der Waals surface area contributed by atoms with Crippen LogP contribution < -0.4 is 5.32 Å². The molecule has 0 aliphatic heterocycles. The number of thiazole rings is 1. The van der Waals surface area contributed by atoms with Gasteiger partial charge in [0, 0.05) is 17.3 Å². The molecule has 2 heterocycles. The van der Waals surface area contributed by atoms with Gasteiger partial charge in [0.2, 0.25) is 0 Å². The van der Waals surface area contributed by atoms with E-state index < -0.39 is 23.0 Å². The molecule has 0 spiro atoms. The minimum Gasteiger partial charge on any atom is -0.305 e. The summed E-state index contributed by atoms with van der Waals surface area (Å²) in [4.78, 5) is 7.52. The van der Waals surface area contributed by atoms with Crippen LogP contribution in [0.1, 0.15) is 34.8 Å². The number of hydrogen-bond donors (Lipinski definition) is 1. The highest BCUT2D eigenvalue weighted by molar-refractivity contribution is 7.11. The van der Waals surface area contributed by atoms with E-state index in [2.05, 4.69) is 15.3 Å². The Hall–Kier alpha value is -1.54. The SMILES string of the molecule is CCCNC(c1cncc(F)c1)c1cnc(C(F)(F)F)s1. The minimum atomic E-state index is -4.47. The molecule has 8 heteroatoms. The van der Waals surface area contributed by atoms with E-state index in [9.17, 15) is 17.6 Å². The van der Waals surface area contributed by atoms with E-state index in [1.165, 1.54) is 18.5 Å². The van der Waals surface area contributed by atoms with Crippen LogP contribution in [0.4, 0.5) is 17.6 Å². The Morgan fingerprint density at radius 3 is 2.62 bits per heavy atom. The first-order valence-electron chi connectivity index (χ1n) is 6.28. The van der Waals surface area contributed by atoms with Crippen LogP contribution in [0.3, 0.4) is 0 Å². The van der Waals surface area contributed by atoms with E-state index in [0.29, 0.717) is 28.3 Å². The van der Waals surface area contributed by atoms with Crippen LogP contribution >= 0.6 is 11.3 Å². The Morgan fingerprint density at radius 2 is 2.05 bits per heavy atom. The van der Waals surface area contributed by atoms with Gasteiger partial charge >= 0.3 is 6.18 Å². The molecule has 0 saturated heterocycles. The van der Waals surface area contributed by atoms with Gasteiger partial charge in [-0.05, 0) is 24.6 Å². The summed E-state index contributed by atoms with van der Waals surface area (Å²) in [6, 6.07) is 0.703. The zero-order valence-corrected chi connectivity index (χ0v) is 11.9.